The number of anilines is 1. The zero-order valence-electron chi connectivity index (χ0n) is 9.90. The molecule has 0 radical (unpaired) electrons. The van der Waals surface area contributed by atoms with Gasteiger partial charge in [0.15, 0.2) is 0 Å². The SMILES string of the molecule is CC[C@@H](N)c1ccc(N(CC)CC)cn1. The van der Waals surface area contributed by atoms with Crippen molar-refractivity contribution in [3.05, 3.63) is 24.0 Å². The molecule has 15 heavy (non-hydrogen) atoms. The predicted octanol–water partition coefficient (Wildman–Crippen LogP) is 2.34. The highest BCUT2D eigenvalue weighted by atomic mass is 15.1. The van der Waals surface area contributed by atoms with Crippen LogP contribution in [0, 0.1) is 0 Å². The molecule has 84 valence electrons. The molecule has 1 heterocycles. The van der Waals surface area contributed by atoms with E-state index in [4.69, 9.17) is 5.73 Å². The van der Waals surface area contributed by atoms with Gasteiger partial charge < -0.3 is 10.6 Å². The molecule has 0 fully saturated rings. The number of hydrogen-bond donors (Lipinski definition) is 1. The minimum Gasteiger partial charge on any atom is -0.371 e. The third-order valence-corrected chi connectivity index (χ3v) is 2.72. The lowest BCUT2D eigenvalue weighted by atomic mass is 10.1. The molecule has 3 nitrogen and oxygen atoms in total. The van der Waals surface area contributed by atoms with Gasteiger partial charge in [-0.25, -0.2) is 0 Å². The lowest BCUT2D eigenvalue weighted by molar-refractivity contribution is 0.675. The number of rotatable bonds is 5. The van der Waals surface area contributed by atoms with Gasteiger partial charge in [-0.2, -0.15) is 0 Å². The molecule has 0 aromatic carbocycles. The molecule has 2 N–H and O–H groups in total. The molecule has 1 rings (SSSR count). The minimum atomic E-state index is 0.0655. The molecule has 0 saturated heterocycles. The lowest BCUT2D eigenvalue weighted by Crippen LogP contribution is -2.22. The van der Waals surface area contributed by atoms with Gasteiger partial charge in [-0.05, 0) is 32.4 Å². The summed E-state index contributed by atoms with van der Waals surface area (Å²) in [7, 11) is 0. The van der Waals surface area contributed by atoms with Gasteiger partial charge in [-0.1, -0.05) is 6.92 Å². The Balaban J connectivity index is 2.79. The fraction of sp³-hybridized carbons (Fsp3) is 0.583. The van der Waals surface area contributed by atoms with Gasteiger partial charge in [0, 0.05) is 19.1 Å². The number of hydrogen-bond acceptors (Lipinski definition) is 3. The van der Waals surface area contributed by atoms with E-state index in [0.717, 1.165) is 25.2 Å². The van der Waals surface area contributed by atoms with E-state index in [-0.39, 0.29) is 6.04 Å². The van der Waals surface area contributed by atoms with Crippen molar-refractivity contribution in [3.63, 3.8) is 0 Å². The quantitative estimate of drug-likeness (QED) is 0.805. The normalized spacial score (nSPS) is 12.5. The molecule has 0 aliphatic heterocycles. The second-order valence-electron chi connectivity index (χ2n) is 3.63. The van der Waals surface area contributed by atoms with Crippen LogP contribution >= 0.6 is 0 Å². The summed E-state index contributed by atoms with van der Waals surface area (Å²) in [6, 6.07) is 4.20. The lowest BCUT2D eigenvalue weighted by Gasteiger charge is -2.21. The molecular formula is C12H21N3. The van der Waals surface area contributed by atoms with Crippen molar-refractivity contribution in [1.29, 1.82) is 0 Å². The maximum absolute atomic E-state index is 5.91. The molecular weight excluding hydrogens is 186 g/mol. The van der Waals surface area contributed by atoms with E-state index in [1.807, 2.05) is 12.3 Å². The summed E-state index contributed by atoms with van der Waals surface area (Å²) in [5.74, 6) is 0. The molecule has 3 heteroatoms. The topological polar surface area (TPSA) is 42.1 Å². The summed E-state index contributed by atoms with van der Waals surface area (Å²) < 4.78 is 0. The first kappa shape index (κ1) is 12.0. The summed E-state index contributed by atoms with van der Waals surface area (Å²) in [5.41, 5.74) is 8.06. The smallest absolute Gasteiger partial charge is 0.0572 e. The highest BCUT2D eigenvalue weighted by molar-refractivity contribution is 5.44. The highest BCUT2D eigenvalue weighted by Crippen LogP contribution is 2.16. The number of pyridine rings is 1. The Morgan fingerprint density at radius 1 is 1.27 bits per heavy atom. The maximum atomic E-state index is 5.91. The predicted molar refractivity (Wildman–Crippen MR) is 65.0 cm³/mol. The third-order valence-electron chi connectivity index (χ3n) is 2.72. The van der Waals surface area contributed by atoms with Crippen LogP contribution in [0.2, 0.25) is 0 Å². The van der Waals surface area contributed by atoms with Gasteiger partial charge in [-0.3, -0.25) is 4.98 Å². The van der Waals surface area contributed by atoms with E-state index in [9.17, 15) is 0 Å². The van der Waals surface area contributed by atoms with E-state index in [1.54, 1.807) is 0 Å². The molecule has 0 spiro atoms. The Hall–Kier alpha value is -1.09. The molecule has 0 bridgehead atoms. The van der Waals surface area contributed by atoms with Crippen molar-refractivity contribution < 1.29 is 0 Å². The average molecular weight is 207 g/mol. The van der Waals surface area contributed by atoms with Crippen molar-refractivity contribution in [2.75, 3.05) is 18.0 Å². The van der Waals surface area contributed by atoms with E-state index in [0.29, 0.717) is 0 Å². The van der Waals surface area contributed by atoms with Gasteiger partial charge in [0.25, 0.3) is 0 Å². The summed E-state index contributed by atoms with van der Waals surface area (Å²) in [6.07, 6.45) is 2.84. The van der Waals surface area contributed by atoms with Crippen LogP contribution in [0.4, 0.5) is 5.69 Å². The zero-order chi connectivity index (χ0) is 11.3. The minimum absolute atomic E-state index is 0.0655. The zero-order valence-corrected chi connectivity index (χ0v) is 9.90. The van der Waals surface area contributed by atoms with E-state index in [2.05, 4.69) is 36.7 Å². The van der Waals surface area contributed by atoms with Crippen molar-refractivity contribution in [2.24, 2.45) is 5.73 Å². The standard InChI is InChI=1S/C12H21N3/c1-4-11(13)12-8-7-10(9-14-12)15(5-2)6-3/h7-9,11H,4-6,13H2,1-3H3/t11-/m1/s1. The monoisotopic (exact) mass is 207 g/mol. The Kier molecular flexibility index (Phi) is 4.56. The van der Waals surface area contributed by atoms with E-state index in [1.165, 1.54) is 5.69 Å². The van der Waals surface area contributed by atoms with Crippen LogP contribution in [-0.2, 0) is 0 Å². The largest absolute Gasteiger partial charge is 0.371 e. The van der Waals surface area contributed by atoms with Crippen LogP contribution in [0.1, 0.15) is 38.9 Å². The fourth-order valence-electron chi connectivity index (χ4n) is 1.60. The van der Waals surface area contributed by atoms with E-state index >= 15 is 0 Å². The molecule has 0 unspecified atom stereocenters. The third kappa shape index (κ3) is 2.93. The second-order valence-corrected chi connectivity index (χ2v) is 3.63. The summed E-state index contributed by atoms with van der Waals surface area (Å²) in [6.45, 7) is 8.39. The summed E-state index contributed by atoms with van der Waals surface area (Å²) in [5, 5.41) is 0. The maximum Gasteiger partial charge on any atom is 0.0572 e. The number of nitrogens with two attached hydrogens (primary N) is 1. The first-order chi connectivity index (χ1) is 7.22. The van der Waals surface area contributed by atoms with Crippen LogP contribution in [0.3, 0.4) is 0 Å². The first-order valence-electron chi connectivity index (χ1n) is 5.69. The molecule has 1 aromatic rings. The van der Waals surface area contributed by atoms with Gasteiger partial charge in [0.1, 0.15) is 0 Å². The summed E-state index contributed by atoms with van der Waals surface area (Å²) in [4.78, 5) is 6.67. The van der Waals surface area contributed by atoms with Crippen molar-refractivity contribution in [1.82, 2.24) is 4.98 Å². The van der Waals surface area contributed by atoms with Crippen LogP contribution in [0.15, 0.2) is 18.3 Å². The Bertz CT molecular complexity index is 277. The molecule has 0 saturated carbocycles. The van der Waals surface area contributed by atoms with E-state index < -0.39 is 0 Å². The van der Waals surface area contributed by atoms with Gasteiger partial charge >= 0.3 is 0 Å². The average Bonchev–Trinajstić information content (AvgIpc) is 2.30. The Labute approximate surface area is 92.3 Å². The number of aromatic nitrogens is 1. The van der Waals surface area contributed by atoms with Gasteiger partial charge in [0.2, 0.25) is 0 Å². The van der Waals surface area contributed by atoms with Gasteiger partial charge in [0.05, 0.1) is 17.6 Å². The van der Waals surface area contributed by atoms with Crippen LogP contribution in [0.25, 0.3) is 0 Å². The number of nitrogens with zero attached hydrogens (tertiary/aromatic N) is 2. The van der Waals surface area contributed by atoms with Crippen molar-refractivity contribution in [2.45, 2.75) is 33.2 Å². The fourth-order valence-corrected chi connectivity index (χ4v) is 1.60. The van der Waals surface area contributed by atoms with Crippen molar-refractivity contribution in [3.8, 4) is 0 Å². The van der Waals surface area contributed by atoms with Crippen LogP contribution in [-0.4, -0.2) is 18.1 Å². The second kappa shape index (κ2) is 5.71. The Morgan fingerprint density at radius 3 is 2.33 bits per heavy atom. The molecule has 0 aliphatic carbocycles. The molecule has 0 amide bonds. The Morgan fingerprint density at radius 2 is 1.93 bits per heavy atom. The molecule has 1 aromatic heterocycles. The van der Waals surface area contributed by atoms with Gasteiger partial charge in [-0.15, -0.1) is 0 Å². The van der Waals surface area contributed by atoms with Crippen LogP contribution in [0.5, 0.6) is 0 Å². The molecule has 1 atom stereocenters. The first-order valence-corrected chi connectivity index (χ1v) is 5.69. The summed E-state index contributed by atoms with van der Waals surface area (Å²) >= 11 is 0. The highest BCUT2D eigenvalue weighted by Gasteiger charge is 2.06. The molecule has 0 aliphatic rings. The van der Waals surface area contributed by atoms with Crippen molar-refractivity contribution >= 4 is 5.69 Å². The van der Waals surface area contributed by atoms with Crippen LogP contribution < -0.4 is 10.6 Å².